The number of phenols is 1. The third-order valence-electron chi connectivity index (χ3n) is 1.54. The van der Waals surface area contributed by atoms with Crippen molar-refractivity contribution < 1.29 is 15.0 Å². The van der Waals surface area contributed by atoms with E-state index in [-0.39, 0.29) is 11.3 Å². The average molecular weight is 194 g/mol. The molecule has 0 amide bonds. The van der Waals surface area contributed by atoms with E-state index in [2.05, 4.69) is 10.2 Å². The number of aromatic hydroxyl groups is 1. The van der Waals surface area contributed by atoms with Gasteiger partial charge in [0.15, 0.2) is 0 Å². The number of hydrogen-bond acceptors (Lipinski definition) is 4. The van der Waals surface area contributed by atoms with Gasteiger partial charge in [0.2, 0.25) is 0 Å². The van der Waals surface area contributed by atoms with E-state index in [0.717, 1.165) is 0 Å². The minimum atomic E-state index is -1.18. The molecular formula is C9H10N2O3. The second kappa shape index (κ2) is 4.36. The summed E-state index contributed by atoms with van der Waals surface area (Å²) in [7, 11) is 0. The molecule has 74 valence electrons. The summed E-state index contributed by atoms with van der Waals surface area (Å²) < 4.78 is 0. The zero-order valence-corrected chi connectivity index (χ0v) is 7.64. The second-order valence-electron chi connectivity index (χ2n) is 2.56. The molecule has 0 spiro atoms. The summed E-state index contributed by atoms with van der Waals surface area (Å²) in [6.07, 6.45) is 0. The summed E-state index contributed by atoms with van der Waals surface area (Å²) in [4.78, 5) is 10.6. The monoisotopic (exact) mass is 194 g/mol. The molecule has 0 radical (unpaired) electrons. The highest BCUT2D eigenvalue weighted by Crippen LogP contribution is 2.23. The lowest BCUT2D eigenvalue weighted by atomic mass is 10.2. The molecule has 5 nitrogen and oxygen atoms in total. The van der Waals surface area contributed by atoms with Crippen LogP contribution in [0.1, 0.15) is 17.3 Å². The highest BCUT2D eigenvalue weighted by molar-refractivity contribution is 5.91. The molecule has 14 heavy (non-hydrogen) atoms. The summed E-state index contributed by atoms with van der Waals surface area (Å²) in [6, 6.07) is 4.06. The SMILES string of the molecule is CCN=Nc1ccc(O)c(C(=O)O)c1. The molecule has 5 heteroatoms. The molecule has 0 atom stereocenters. The van der Waals surface area contributed by atoms with Gasteiger partial charge < -0.3 is 10.2 Å². The van der Waals surface area contributed by atoms with Crippen LogP contribution in [0.4, 0.5) is 5.69 Å². The molecular weight excluding hydrogens is 184 g/mol. The highest BCUT2D eigenvalue weighted by atomic mass is 16.4. The van der Waals surface area contributed by atoms with E-state index in [1.807, 2.05) is 6.92 Å². The van der Waals surface area contributed by atoms with Crippen molar-refractivity contribution in [3.8, 4) is 5.75 Å². The number of benzene rings is 1. The van der Waals surface area contributed by atoms with Gasteiger partial charge in [-0.15, -0.1) is 0 Å². The van der Waals surface area contributed by atoms with Crippen LogP contribution in [0.2, 0.25) is 0 Å². The van der Waals surface area contributed by atoms with E-state index in [4.69, 9.17) is 5.11 Å². The van der Waals surface area contributed by atoms with E-state index < -0.39 is 5.97 Å². The third-order valence-corrected chi connectivity index (χ3v) is 1.54. The van der Waals surface area contributed by atoms with Crippen LogP contribution in [-0.4, -0.2) is 22.7 Å². The Balaban J connectivity index is 3.06. The first-order chi connectivity index (χ1) is 6.65. The molecule has 0 aromatic heterocycles. The lowest BCUT2D eigenvalue weighted by Crippen LogP contribution is -1.95. The van der Waals surface area contributed by atoms with Crippen molar-refractivity contribution in [2.24, 2.45) is 10.2 Å². The van der Waals surface area contributed by atoms with Crippen molar-refractivity contribution in [3.05, 3.63) is 23.8 Å². The molecule has 0 aliphatic carbocycles. The van der Waals surface area contributed by atoms with Gasteiger partial charge in [0.25, 0.3) is 0 Å². The van der Waals surface area contributed by atoms with Crippen LogP contribution in [0.3, 0.4) is 0 Å². The molecule has 1 aromatic carbocycles. The summed E-state index contributed by atoms with van der Waals surface area (Å²) in [5.74, 6) is -1.45. The molecule has 0 bridgehead atoms. The van der Waals surface area contributed by atoms with Crippen LogP contribution in [0.25, 0.3) is 0 Å². The maximum Gasteiger partial charge on any atom is 0.339 e. The van der Waals surface area contributed by atoms with Gasteiger partial charge >= 0.3 is 5.97 Å². The summed E-state index contributed by atoms with van der Waals surface area (Å²) >= 11 is 0. The normalized spacial score (nSPS) is 10.6. The number of rotatable bonds is 3. The summed E-state index contributed by atoms with van der Waals surface area (Å²) in [5.41, 5.74) is 0.250. The Bertz CT molecular complexity index is 374. The van der Waals surface area contributed by atoms with Gasteiger partial charge in [-0.25, -0.2) is 4.79 Å². The number of azo groups is 1. The van der Waals surface area contributed by atoms with Crippen LogP contribution in [0, 0.1) is 0 Å². The predicted molar refractivity (Wildman–Crippen MR) is 50.1 cm³/mol. The van der Waals surface area contributed by atoms with Crippen LogP contribution >= 0.6 is 0 Å². The standard InChI is InChI=1S/C9H10N2O3/c1-2-10-11-6-3-4-8(12)7(5-6)9(13)14/h3-5,12H,2H2,1H3,(H,13,14). The number of carbonyl (C=O) groups is 1. The number of nitrogens with zero attached hydrogens (tertiary/aromatic N) is 2. The highest BCUT2D eigenvalue weighted by Gasteiger charge is 2.09. The van der Waals surface area contributed by atoms with Gasteiger partial charge in [-0.1, -0.05) is 0 Å². The Kier molecular flexibility index (Phi) is 3.17. The van der Waals surface area contributed by atoms with Crippen LogP contribution < -0.4 is 0 Å². The fraction of sp³-hybridized carbons (Fsp3) is 0.222. The number of carboxylic acids is 1. The molecule has 2 N–H and O–H groups in total. The Morgan fingerprint density at radius 1 is 1.50 bits per heavy atom. The summed E-state index contributed by atoms with van der Waals surface area (Å²) in [5, 5.41) is 25.3. The molecule has 0 aliphatic rings. The van der Waals surface area contributed by atoms with E-state index in [1.54, 1.807) is 0 Å². The maximum absolute atomic E-state index is 10.6. The predicted octanol–water partition coefficient (Wildman–Crippen LogP) is 2.19. The minimum absolute atomic E-state index is 0.169. The molecule has 1 aromatic rings. The topological polar surface area (TPSA) is 82.2 Å². The molecule has 0 fully saturated rings. The minimum Gasteiger partial charge on any atom is -0.507 e. The fourth-order valence-corrected chi connectivity index (χ4v) is 0.910. The molecule has 1 rings (SSSR count). The quantitative estimate of drug-likeness (QED) is 0.723. The van der Waals surface area contributed by atoms with Crippen LogP contribution in [0.15, 0.2) is 28.4 Å². The van der Waals surface area contributed by atoms with Gasteiger partial charge in [-0.2, -0.15) is 10.2 Å². The molecule has 0 saturated heterocycles. The number of hydrogen-bond donors (Lipinski definition) is 2. The van der Waals surface area contributed by atoms with Gasteiger partial charge in [0.05, 0.1) is 12.2 Å². The first-order valence-electron chi connectivity index (χ1n) is 4.09. The number of carboxylic acid groups (broad SMARTS) is 1. The van der Waals surface area contributed by atoms with Crippen molar-refractivity contribution in [1.82, 2.24) is 0 Å². The fourth-order valence-electron chi connectivity index (χ4n) is 0.910. The van der Waals surface area contributed by atoms with Crippen molar-refractivity contribution in [3.63, 3.8) is 0 Å². The number of aromatic carboxylic acids is 1. The lowest BCUT2D eigenvalue weighted by Gasteiger charge is -1.99. The first-order valence-corrected chi connectivity index (χ1v) is 4.09. The summed E-state index contributed by atoms with van der Waals surface area (Å²) in [6.45, 7) is 2.35. The molecule has 0 unspecified atom stereocenters. The third kappa shape index (κ3) is 2.29. The van der Waals surface area contributed by atoms with Gasteiger partial charge in [-0.3, -0.25) is 0 Å². The van der Waals surface area contributed by atoms with Gasteiger partial charge in [-0.05, 0) is 25.1 Å². The molecule has 0 aliphatic heterocycles. The van der Waals surface area contributed by atoms with E-state index in [1.165, 1.54) is 18.2 Å². The van der Waals surface area contributed by atoms with Crippen molar-refractivity contribution >= 4 is 11.7 Å². The van der Waals surface area contributed by atoms with Crippen LogP contribution in [-0.2, 0) is 0 Å². The Labute approximate surface area is 80.7 Å². The van der Waals surface area contributed by atoms with E-state index in [9.17, 15) is 9.90 Å². The Morgan fingerprint density at radius 2 is 2.21 bits per heavy atom. The van der Waals surface area contributed by atoms with E-state index in [0.29, 0.717) is 12.2 Å². The van der Waals surface area contributed by atoms with Crippen molar-refractivity contribution in [2.45, 2.75) is 6.92 Å². The zero-order valence-electron chi connectivity index (χ0n) is 7.64. The largest absolute Gasteiger partial charge is 0.507 e. The Morgan fingerprint density at radius 3 is 2.79 bits per heavy atom. The van der Waals surface area contributed by atoms with Gasteiger partial charge in [0, 0.05) is 0 Å². The Hall–Kier alpha value is -1.91. The van der Waals surface area contributed by atoms with Gasteiger partial charge in [0.1, 0.15) is 11.3 Å². The lowest BCUT2D eigenvalue weighted by molar-refractivity contribution is 0.0694. The molecule has 0 heterocycles. The average Bonchev–Trinajstić information content (AvgIpc) is 2.16. The van der Waals surface area contributed by atoms with Crippen molar-refractivity contribution in [1.29, 1.82) is 0 Å². The second-order valence-corrected chi connectivity index (χ2v) is 2.56. The maximum atomic E-state index is 10.6. The molecule has 0 saturated carbocycles. The van der Waals surface area contributed by atoms with Crippen LogP contribution in [0.5, 0.6) is 5.75 Å². The zero-order chi connectivity index (χ0) is 10.6. The van der Waals surface area contributed by atoms with Crippen molar-refractivity contribution in [2.75, 3.05) is 6.54 Å². The smallest absolute Gasteiger partial charge is 0.339 e. The van der Waals surface area contributed by atoms with E-state index >= 15 is 0 Å². The first kappa shape index (κ1) is 10.2.